The lowest BCUT2D eigenvalue weighted by Gasteiger charge is -2.35. The molecule has 0 bridgehead atoms. The van der Waals surface area contributed by atoms with Gasteiger partial charge in [0.2, 0.25) is 0 Å². The molecule has 2 aromatic heterocycles. The first-order valence-corrected chi connectivity index (χ1v) is 7.94. The zero-order valence-electron chi connectivity index (χ0n) is 13.2. The molecule has 0 radical (unpaired) electrons. The molecule has 1 aliphatic rings. The number of nitrogens with zero attached hydrogens (tertiary/aromatic N) is 5. The Kier molecular flexibility index (Phi) is 4.68. The summed E-state index contributed by atoms with van der Waals surface area (Å²) in [7, 11) is 3.43. The standard InChI is InChI=1S/C15H20ClN5O2/c1-20-8-5-17-14(20)12(22)10-3-6-21(7-4-10)13-11(16)9-18-15(19-13)23-2/h5,8-10,12,22H,3-4,6-7H2,1-2H3. The Balaban J connectivity index is 1.68. The van der Waals surface area contributed by atoms with E-state index >= 15 is 0 Å². The van der Waals surface area contributed by atoms with Gasteiger partial charge in [0.25, 0.3) is 0 Å². The number of hydrogen-bond donors (Lipinski definition) is 1. The Bertz CT molecular complexity index is 670. The van der Waals surface area contributed by atoms with Gasteiger partial charge in [-0.15, -0.1) is 0 Å². The van der Waals surface area contributed by atoms with Crippen LogP contribution in [0.3, 0.4) is 0 Å². The van der Waals surface area contributed by atoms with Crippen molar-refractivity contribution in [2.75, 3.05) is 25.1 Å². The van der Waals surface area contributed by atoms with Gasteiger partial charge in [-0.05, 0) is 18.8 Å². The van der Waals surface area contributed by atoms with Crippen LogP contribution in [0.1, 0.15) is 24.8 Å². The summed E-state index contributed by atoms with van der Waals surface area (Å²) >= 11 is 6.20. The molecule has 0 aromatic carbocycles. The van der Waals surface area contributed by atoms with E-state index in [1.54, 1.807) is 12.4 Å². The van der Waals surface area contributed by atoms with Gasteiger partial charge in [0.1, 0.15) is 17.0 Å². The molecule has 0 saturated carbocycles. The van der Waals surface area contributed by atoms with Gasteiger partial charge in [-0.25, -0.2) is 9.97 Å². The number of hydrogen-bond acceptors (Lipinski definition) is 6. The number of piperidine rings is 1. The largest absolute Gasteiger partial charge is 0.467 e. The molecule has 0 aliphatic carbocycles. The number of aliphatic hydroxyl groups is 1. The second kappa shape index (κ2) is 6.72. The summed E-state index contributed by atoms with van der Waals surface area (Å²) in [5, 5.41) is 11.0. The van der Waals surface area contributed by atoms with E-state index in [4.69, 9.17) is 16.3 Å². The van der Waals surface area contributed by atoms with E-state index in [9.17, 15) is 5.11 Å². The SMILES string of the molecule is COc1ncc(Cl)c(N2CCC(C(O)c3nccn3C)CC2)n1. The third-order valence-electron chi connectivity index (χ3n) is 4.29. The van der Waals surface area contributed by atoms with Crippen molar-refractivity contribution >= 4 is 17.4 Å². The molecule has 1 N–H and O–H groups in total. The second-order valence-corrected chi connectivity index (χ2v) is 6.10. The summed E-state index contributed by atoms with van der Waals surface area (Å²) in [4.78, 5) is 14.7. The molecule has 1 fully saturated rings. The molecule has 7 nitrogen and oxygen atoms in total. The maximum atomic E-state index is 10.5. The molecule has 1 unspecified atom stereocenters. The van der Waals surface area contributed by atoms with Crippen molar-refractivity contribution in [2.45, 2.75) is 18.9 Å². The first kappa shape index (κ1) is 16.0. The van der Waals surface area contributed by atoms with Crippen molar-refractivity contribution in [1.82, 2.24) is 19.5 Å². The molecular weight excluding hydrogens is 318 g/mol. The number of aromatic nitrogens is 4. The molecule has 1 aliphatic heterocycles. The number of aryl methyl sites for hydroxylation is 1. The summed E-state index contributed by atoms with van der Waals surface area (Å²) in [5.41, 5.74) is 0. The fourth-order valence-electron chi connectivity index (χ4n) is 2.96. The van der Waals surface area contributed by atoms with Crippen LogP contribution >= 0.6 is 11.6 Å². The normalized spacial score (nSPS) is 17.3. The summed E-state index contributed by atoms with van der Waals surface area (Å²) in [6, 6.07) is 0.305. The van der Waals surface area contributed by atoms with Crippen LogP contribution in [0.25, 0.3) is 0 Å². The number of aliphatic hydroxyl groups excluding tert-OH is 1. The quantitative estimate of drug-likeness (QED) is 0.917. The van der Waals surface area contributed by atoms with Crippen molar-refractivity contribution < 1.29 is 9.84 Å². The van der Waals surface area contributed by atoms with Crippen LogP contribution in [0.5, 0.6) is 6.01 Å². The first-order chi connectivity index (χ1) is 11.1. The van der Waals surface area contributed by atoms with Crippen LogP contribution < -0.4 is 9.64 Å². The second-order valence-electron chi connectivity index (χ2n) is 5.69. The Hall–Kier alpha value is -1.86. The third-order valence-corrected chi connectivity index (χ3v) is 4.56. The van der Waals surface area contributed by atoms with Crippen molar-refractivity contribution in [3.8, 4) is 6.01 Å². The topological polar surface area (TPSA) is 76.3 Å². The molecule has 124 valence electrons. The predicted molar refractivity (Wildman–Crippen MR) is 86.7 cm³/mol. The van der Waals surface area contributed by atoms with E-state index in [1.165, 1.54) is 7.11 Å². The molecule has 1 atom stereocenters. The van der Waals surface area contributed by atoms with Gasteiger partial charge in [-0.1, -0.05) is 11.6 Å². The van der Waals surface area contributed by atoms with Gasteiger partial charge < -0.3 is 19.3 Å². The highest BCUT2D eigenvalue weighted by Gasteiger charge is 2.29. The average Bonchev–Trinajstić information content (AvgIpc) is 3.01. The van der Waals surface area contributed by atoms with Crippen LogP contribution in [0.4, 0.5) is 5.82 Å². The highest BCUT2D eigenvalue weighted by molar-refractivity contribution is 6.32. The number of halogens is 1. The minimum absolute atomic E-state index is 0.176. The van der Waals surface area contributed by atoms with Crippen LogP contribution in [0.2, 0.25) is 5.02 Å². The fraction of sp³-hybridized carbons (Fsp3) is 0.533. The maximum Gasteiger partial charge on any atom is 0.318 e. The summed E-state index contributed by atoms with van der Waals surface area (Å²) < 4.78 is 6.93. The Morgan fingerprint density at radius 3 is 2.70 bits per heavy atom. The predicted octanol–water partition coefficient (Wildman–Crippen LogP) is 1.82. The van der Waals surface area contributed by atoms with Crippen LogP contribution in [-0.4, -0.2) is 44.8 Å². The van der Waals surface area contributed by atoms with E-state index in [2.05, 4.69) is 19.9 Å². The van der Waals surface area contributed by atoms with Crippen LogP contribution in [0.15, 0.2) is 18.6 Å². The maximum absolute atomic E-state index is 10.5. The lowest BCUT2D eigenvalue weighted by atomic mass is 9.90. The first-order valence-electron chi connectivity index (χ1n) is 7.57. The summed E-state index contributed by atoms with van der Waals surface area (Å²) in [5.74, 6) is 1.57. The number of imidazole rings is 1. The van der Waals surface area contributed by atoms with E-state index in [-0.39, 0.29) is 5.92 Å². The molecule has 3 rings (SSSR count). The molecule has 0 amide bonds. The van der Waals surface area contributed by atoms with Crippen LogP contribution in [0, 0.1) is 5.92 Å². The number of anilines is 1. The Morgan fingerprint density at radius 1 is 1.35 bits per heavy atom. The number of rotatable bonds is 4. The minimum atomic E-state index is -0.549. The summed E-state index contributed by atoms with van der Waals surface area (Å²) in [6.45, 7) is 1.54. The van der Waals surface area contributed by atoms with E-state index in [0.29, 0.717) is 22.7 Å². The smallest absolute Gasteiger partial charge is 0.318 e. The summed E-state index contributed by atoms with van der Waals surface area (Å²) in [6.07, 6.45) is 6.25. The van der Waals surface area contributed by atoms with Gasteiger partial charge in [0.15, 0.2) is 5.82 Å². The third kappa shape index (κ3) is 3.25. The average molecular weight is 338 g/mol. The molecule has 1 saturated heterocycles. The fourth-order valence-corrected chi connectivity index (χ4v) is 3.17. The Labute approximate surface area is 139 Å². The zero-order valence-corrected chi connectivity index (χ0v) is 13.9. The highest BCUT2D eigenvalue weighted by atomic mass is 35.5. The molecule has 23 heavy (non-hydrogen) atoms. The van der Waals surface area contributed by atoms with Gasteiger partial charge in [-0.3, -0.25) is 0 Å². The Morgan fingerprint density at radius 2 is 2.09 bits per heavy atom. The molecule has 8 heteroatoms. The van der Waals surface area contributed by atoms with E-state index in [0.717, 1.165) is 25.9 Å². The van der Waals surface area contributed by atoms with Crippen LogP contribution in [-0.2, 0) is 7.05 Å². The minimum Gasteiger partial charge on any atom is -0.467 e. The van der Waals surface area contributed by atoms with E-state index < -0.39 is 6.10 Å². The lowest BCUT2D eigenvalue weighted by molar-refractivity contribution is 0.0824. The van der Waals surface area contributed by atoms with Crippen molar-refractivity contribution in [3.63, 3.8) is 0 Å². The van der Waals surface area contributed by atoms with Gasteiger partial charge in [-0.2, -0.15) is 4.98 Å². The van der Waals surface area contributed by atoms with Crippen molar-refractivity contribution in [3.05, 3.63) is 29.4 Å². The van der Waals surface area contributed by atoms with Crippen molar-refractivity contribution in [1.29, 1.82) is 0 Å². The highest BCUT2D eigenvalue weighted by Crippen LogP contribution is 2.33. The monoisotopic (exact) mass is 337 g/mol. The van der Waals surface area contributed by atoms with E-state index in [1.807, 2.05) is 17.8 Å². The molecule has 2 aromatic rings. The van der Waals surface area contributed by atoms with Gasteiger partial charge >= 0.3 is 6.01 Å². The molecule has 3 heterocycles. The van der Waals surface area contributed by atoms with Crippen molar-refractivity contribution in [2.24, 2.45) is 13.0 Å². The lowest BCUT2D eigenvalue weighted by Crippen LogP contribution is -2.36. The molecular formula is C15H20ClN5O2. The van der Waals surface area contributed by atoms with Gasteiger partial charge in [0, 0.05) is 32.5 Å². The van der Waals surface area contributed by atoms with Gasteiger partial charge in [0.05, 0.1) is 13.3 Å². The number of methoxy groups -OCH3 is 1. The number of ether oxygens (including phenoxy) is 1. The molecule has 0 spiro atoms. The zero-order chi connectivity index (χ0) is 16.4.